The van der Waals surface area contributed by atoms with E-state index in [1.165, 1.54) is 0 Å². The molecule has 8 nitrogen and oxygen atoms in total. The van der Waals surface area contributed by atoms with Gasteiger partial charge in [-0.25, -0.2) is 14.5 Å². The Hall–Kier alpha value is -3.81. The summed E-state index contributed by atoms with van der Waals surface area (Å²) in [4.78, 5) is 16.9. The van der Waals surface area contributed by atoms with Crippen LogP contribution >= 0.6 is 0 Å². The molecule has 2 aromatic carbocycles. The molecule has 0 aliphatic heterocycles. The number of carbonyl (C=O) groups is 1. The molecule has 166 valence electrons. The maximum atomic E-state index is 12.5. The van der Waals surface area contributed by atoms with Gasteiger partial charge in [0.05, 0.1) is 30.2 Å². The molecule has 0 unspecified atom stereocenters. The number of amides is 1. The van der Waals surface area contributed by atoms with Crippen molar-refractivity contribution in [2.45, 2.75) is 40.5 Å². The maximum absolute atomic E-state index is 12.5. The van der Waals surface area contributed by atoms with Crippen molar-refractivity contribution in [3.63, 3.8) is 0 Å². The van der Waals surface area contributed by atoms with Crippen LogP contribution in [0.25, 0.3) is 22.3 Å². The van der Waals surface area contributed by atoms with Crippen molar-refractivity contribution in [2.75, 3.05) is 12.4 Å². The van der Waals surface area contributed by atoms with Gasteiger partial charge in [-0.05, 0) is 56.2 Å². The highest BCUT2D eigenvalue weighted by atomic mass is 16.5. The summed E-state index contributed by atoms with van der Waals surface area (Å²) in [6.07, 6.45) is 1.27. The number of rotatable bonds is 7. The second kappa shape index (κ2) is 9.13. The van der Waals surface area contributed by atoms with Gasteiger partial charge >= 0.3 is 6.09 Å². The number of hydrogen-bond acceptors (Lipinski definition) is 5. The van der Waals surface area contributed by atoms with E-state index >= 15 is 0 Å². The molecule has 8 heteroatoms. The van der Waals surface area contributed by atoms with Crippen LogP contribution in [0.3, 0.4) is 0 Å². The van der Waals surface area contributed by atoms with Gasteiger partial charge in [-0.15, -0.1) is 0 Å². The average Bonchev–Trinajstić information content (AvgIpc) is 3.40. The fraction of sp³-hybridized carbons (Fsp3) is 0.292. The highest BCUT2D eigenvalue weighted by Crippen LogP contribution is 2.31. The van der Waals surface area contributed by atoms with Crippen LogP contribution < -0.4 is 10.1 Å². The maximum Gasteiger partial charge on any atom is 0.413 e. The van der Waals surface area contributed by atoms with E-state index in [0.717, 1.165) is 45.7 Å². The molecule has 2 heterocycles. The number of carbonyl (C=O) groups excluding carboxylic acids is 1. The molecule has 0 bridgehead atoms. The van der Waals surface area contributed by atoms with E-state index < -0.39 is 6.09 Å². The van der Waals surface area contributed by atoms with Gasteiger partial charge in [-0.3, -0.25) is 5.32 Å². The molecule has 0 atom stereocenters. The number of hydrogen-bond donors (Lipinski definition) is 1. The Bertz CT molecular complexity index is 1260. The molecule has 0 spiro atoms. The van der Waals surface area contributed by atoms with Gasteiger partial charge in [0, 0.05) is 24.7 Å². The van der Waals surface area contributed by atoms with E-state index in [0.29, 0.717) is 12.4 Å². The minimum absolute atomic E-state index is 0.152. The van der Waals surface area contributed by atoms with Crippen LogP contribution in [0.4, 0.5) is 10.6 Å². The largest absolute Gasteiger partial charge is 0.496 e. The molecule has 32 heavy (non-hydrogen) atoms. The molecule has 0 radical (unpaired) electrons. The zero-order valence-electron chi connectivity index (χ0n) is 18.8. The number of anilines is 1. The first-order valence-electron chi connectivity index (χ1n) is 10.6. The van der Waals surface area contributed by atoms with Crippen LogP contribution in [0.2, 0.25) is 0 Å². The summed E-state index contributed by atoms with van der Waals surface area (Å²) in [7, 11) is 1.63. The third-order valence-corrected chi connectivity index (χ3v) is 5.34. The van der Waals surface area contributed by atoms with Crippen LogP contribution in [0, 0.1) is 6.92 Å². The van der Waals surface area contributed by atoms with Gasteiger partial charge in [0.15, 0.2) is 0 Å². The Morgan fingerprint density at radius 1 is 1.09 bits per heavy atom. The SMILES string of the molecule is CCn1nc(-c2ccc(C)cc2OC)cc1NC(=O)OCc1ccc2c(c1)ncn2CC. The van der Waals surface area contributed by atoms with Gasteiger partial charge in [-0.2, -0.15) is 5.10 Å². The van der Waals surface area contributed by atoms with E-state index in [9.17, 15) is 4.79 Å². The van der Waals surface area contributed by atoms with Crippen molar-refractivity contribution < 1.29 is 14.3 Å². The highest BCUT2D eigenvalue weighted by molar-refractivity contribution is 5.85. The van der Waals surface area contributed by atoms with Crippen LogP contribution in [0.1, 0.15) is 25.0 Å². The number of nitrogens with zero attached hydrogens (tertiary/aromatic N) is 4. The molecule has 2 aromatic heterocycles. The van der Waals surface area contributed by atoms with Crippen molar-refractivity contribution in [1.82, 2.24) is 19.3 Å². The van der Waals surface area contributed by atoms with Gasteiger partial charge in [0.25, 0.3) is 0 Å². The first kappa shape index (κ1) is 21.4. The standard InChI is InChI=1S/C24H27N5O3/c1-5-28-15-25-20-12-17(8-10-21(20)28)14-32-24(30)26-23-13-19(27-29(23)6-2)18-9-7-16(3)11-22(18)31-4/h7-13,15H,5-6,14H2,1-4H3,(H,26,30). The smallest absolute Gasteiger partial charge is 0.413 e. The Balaban J connectivity index is 1.46. The van der Waals surface area contributed by atoms with Crippen molar-refractivity contribution in [1.29, 1.82) is 0 Å². The first-order valence-corrected chi connectivity index (χ1v) is 10.6. The summed E-state index contributed by atoms with van der Waals surface area (Å²) in [5.74, 6) is 1.30. The lowest BCUT2D eigenvalue weighted by Gasteiger charge is -2.08. The van der Waals surface area contributed by atoms with E-state index in [1.807, 2.05) is 62.6 Å². The summed E-state index contributed by atoms with van der Waals surface area (Å²) in [6.45, 7) is 7.65. The van der Waals surface area contributed by atoms with Crippen LogP contribution in [0.5, 0.6) is 5.75 Å². The van der Waals surface area contributed by atoms with Crippen molar-refractivity contribution >= 4 is 22.9 Å². The number of methoxy groups -OCH3 is 1. The van der Waals surface area contributed by atoms with E-state index in [1.54, 1.807) is 11.8 Å². The predicted molar refractivity (Wildman–Crippen MR) is 124 cm³/mol. The first-order chi connectivity index (χ1) is 15.5. The van der Waals surface area contributed by atoms with Crippen LogP contribution in [-0.2, 0) is 24.4 Å². The lowest BCUT2D eigenvalue weighted by molar-refractivity contribution is 0.155. The average molecular weight is 434 g/mol. The minimum Gasteiger partial charge on any atom is -0.496 e. The fourth-order valence-corrected chi connectivity index (χ4v) is 3.64. The molecule has 0 fully saturated rings. The normalized spacial score (nSPS) is 11.0. The predicted octanol–water partition coefficient (Wildman–Crippen LogP) is 5.01. The minimum atomic E-state index is -0.541. The Labute approximate surface area is 186 Å². The molecule has 0 saturated carbocycles. The quantitative estimate of drug-likeness (QED) is 0.443. The molecule has 0 aliphatic rings. The number of aromatic nitrogens is 4. The van der Waals surface area contributed by atoms with Gasteiger partial charge in [0.1, 0.15) is 18.2 Å². The van der Waals surface area contributed by atoms with Gasteiger partial charge in [-0.1, -0.05) is 12.1 Å². The summed E-state index contributed by atoms with van der Waals surface area (Å²) >= 11 is 0. The number of imidazole rings is 1. The number of aryl methyl sites for hydroxylation is 3. The second-order valence-electron chi connectivity index (χ2n) is 7.49. The number of fused-ring (bicyclic) bond motifs is 1. The third kappa shape index (κ3) is 4.30. The number of nitrogens with one attached hydrogen (secondary N) is 1. The Morgan fingerprint density at radius 3 is 2.69 bits per heavy atom. The van der Waals surface area contributed by atoms with Gasteiger partial charge < -0.3 is 14.0 Å². The summed E-state index contributed by atoms with van der Waals surface area (Å²) < 4.78 is 14.7. The molecular formula is C24H27N5O3. The molecule has 0 aliphatic carbocycles. The lowest BCUT2D eigenvalue weighted by atomic mass is 10.1. The summed E-state index contributed by atoms with van der Waals surface area (Å²) in [5, 5.41) is 7.41. The second-order valence-corrected chi connectivity index (χ2v) is 7.49. The Morgan fingerprint density at radius 2 is 1.94 bits per heavy atom. The number of ether oxygens (including phenoxy) is 2. The topological polar surface area (TPSA) is 83.2 Å². The van der Waals surface area contributed by atoms with E-state index in [2.05, 4.69) is 26.9 Å². The molecule has 4 aromatic rings. The number of benzene rings is 2. The Kier molecular flexibility index (Phi) is 6.11. The highest BCUT2D eigenvalue weighted by Gasteiger charge is 2.15. The molecule has 0 saturated heterocycles. The van der Waals surface area contributed by atoms with Crippen molar-refractivity contribution in [3.05, 3.63) is 59.9 Å². The molecule has 1 amide bonds. The zero-order valence-corrected chi connectivity index (χ0v) is 18.8. The summed E-state index contributed by atoms with van der Waals surface area (Å²) in [5.41, 5.74) is 5.50. The van der Waals surface area contributed by atoms with Crippen molar-refractivity contribution in [3.8, 4) is 17.0 Å². The third-order valence-electron chi connectivity index (χ3n) is 5.34. The molecule has 4 rings (SSSR count). The van der Waals surface area contributed by atoms with E-state index in [-0.39, 0.29) is 6.61 Å². The lowest BCUT2D eigenvalue weighted by Crippen LogP contribution is -2.16. The van der Waals surface area contributed by atoms with E-state index in [4.69, 9.17) is 9.47 Å². The van der Waals surface area contributed by atoms with Crippen molar-refractivity contribution in [2.24, 2.45) is 0 Å². The summed E-state index contributed by atoms with van der Waals surface area (Å²) in [6, 6.07) is 13.6. The molecule has 1 N–H and O–H groups in total. The monoisotopic (exact) mass is 433 g/mol. The fourth-order valence-electron chi connectivity index (χ4n) is 3.64. The van der Waals surface area contributed by atoms with Crippen LogP contribution in [-0.4, -0.2) is 32.5 Å². The zero-order chi connectivity index (χ0) is 22.7. The van der Waals surface area contributed by atoms with Crippen LogP contribution in [0.15, 0.2) is 48.8 Å². The molecular weight excluding hydrogens is 406 g/mol. The van der Waals surface area contributed by atoms with Gasteiger partial charge in [0.2, 0.25) is 0 Å².